The molecule has 2 rings (SSSR count). The molecule has 0 aromatic heterocycles. The van der Waals surface area contributed by atoms with Gasteiger partial charge in [-0.15, -0.1) is 0 Å². The lowest BCUT2D eigenvalue weighted by Gasteiger charge is -2.32. The van der Waals surface area contributed by atoms with Gasteiger partial charge in [-0.05, 0) is 33.3 Å². The van der Waals surface area contributed by atoms with E-state index in [1.165, 1.54) is 7.11 Å². The summed E-state index contributed by atoms with van der Waals surface area (Å²) >= 11 is 0. The van der Waals surface area contributed by atoms with E-state index >= 15 is 0 Å². The topological polar surface area (TPSA) is 73.9 Å². The molecule has 0 aliphatic carbocycles. The van der Waals surface area contributed by atoms with E-state index in [1.807, 2.05) is 30.3 Å². The average molecular weight is 335 g/mol. The fourth-order valence-electron chi connectivity index (χ4n) is 2.90. The summed E-state index contributed by atoms with van der Waals surface area (Å²) in [6.45, 7) is 7.29. The fourth-order valence-corrected chi connectivity index (χ4v) is 2.90. The monoisotopic (exact) mass is 335 g/mol. The molecule has 1 N–H and O–H groups in total. The van der Waals surface area contributed by atoms with E-state index in [4.69, 9.17) is 14.2 Å². The van der Waals surface area contributed by atoms with Gasteiger partial charge in [0.25, 0.3) is 0 Å². The Morgan fingerprint density at radius 2 is 1.88 bits per heavy atom. The Morgan fingerprint density at radius 1 is 1.25 bits per heavy atom. The number of benzene rings is 1. The third-order valence-electron chi connectivity index (χ3n) is 4.12. The number of carbonyl (C=O) groups excluding carboxylic acids is 2. The van der Waals surface area contributed by atoms with Crippen LogP contribution in [0, 0.1) is 5.41 Å². The standard InChI is InChI=1S/C18H25NO5/c1-17(2,3)24-16(21)19-13-11-23-14(12-9-7-6-8-10-12)18(13,4)15(20)22-5/h6-10,13-14H,11H2,1-5H3,(H,19,21). The first-order valence-electron chi connectivity index (χ1n) is 7.93. The molecule has 3 unspecified atom stereocenters. The van der Waals surface area contributed by atoms with E-state index < -0.39 is 35.2 Å². The lowest BCUT2D eigenvalue weighted by molar-refractivity contribution is -0.156. The third-order valence-corrected chi connectivity index (χ3v) is 4.12. The van der Waals surface area contributed by atoms with Crippen LogP contribution >= 0.6 is 0 Å². The summed E-state index contributed by atoms with van der Waals surface area (Å²) in [5.41, 5.74) is -0.810. The zero-order valence-corrected chi connectivity index (χ0v) is 14.8. The van der Waals surface area contributed by atoms with Crippen molar-refractivity contribution in [3.05, 3.63) is 35.9 Å². The average Bonchev–Trinajstić information content (AvgIpc) is 2.83. The molecule has 132 valence electrons. The summed E-state index contributed by atoms with van der Waals surface area (Å²) in [6.07, 6.45) is -1.09. The second-order valence-corrected chi connectivity index (χ2v) is 7.10. The Hall–Kier alpha value is -2.08. The molecule has 1 aromatic carbocycles. The van der Waals surface area contributed by atoms with E-state index in [0.717, 1.165) is 5.56 Å². The highest BCUT2D eigenvalue weighted by Gasteiger charge is 2.56. The molecular formula is C18H25NO5. The minimum atomic E-state index is -1.05. The van der Waals surface area contributed by atoms with Gasteiger partial charge in [0, 0.05) is 0 Å². The molecule has 24 heavy (non-hydrogen) atoms. The zero-order valence-electron chi connectivity index (χ0n) is 14.8. The van der Waals surface area contributed by atoms with Crippen molar-refractivity contribution in [1.82, 2.24) is 5.32 Å². The molecule has 0 saturated carbocycles. The number of alkyl carbamates (subject to hydrolysis) is 1. The molecule has 1 heterocycles. The van der Waals surface area contributed by atoms with Crippen molar-refractivity contribution in [2.75, 3.05) is 13.7 Å². The predicted molar refractivity (Wildman–Crippen MR) is 88.4 cm³/mol. The van der Waals surface area contributed by atoms with Gasteiger partial charge in [-0.2, -0.15) is 0 Å². The summed E-state index contributed by atoms with van der Waals surface area (Å²) in [5.74, 6) is -0.435. The Morgan fingerprint density at radius 3 is 2.42 bits per heavy atom. The van der Waals surface area contributed by atoms with E-state index in [1.54, 1.807) is 27.7 Å². The van der Waals surface area contributed by atoms with Crippen molar-refractivity contribution in [1.29, 1.82) is 0 Å². The molecule has 6 heteroatoms. The van der Waals surface area contributed by atoms with Gasteiger partial charge >= 0.3 is 12.1 Å². The summed E-state index contributed by atoms with van der Waals surface area (Å²) < 4.78 is 16.1. The normalized spacial score (nSPS) is 26.7. The summed E-state index contributed by atoms with van der Waals surface area (Å²) in [5, 5.41) is 2.75. The first-order chi connectivity index (χ1) is 11.2. The maximum Gasteiger partial charge on any atom is 0.407 e. The van der Waals surface area contributed by atoms with Gasteiger partial charge in [0.15, 0.2) is 0 Å². The maximum atomic E-state index is 12.5. The molecule has 3 atom stereocenters. The smallest absolute Gasteiger partial charge is 0.407 e. The van der Waals surface area contributed by atoms with Crippen LogP contribution in [0.15, 0.2) is 30.3 Å². The van der Waals surface area contributed by atoms with Crippen molar-refractivity contribution >= 4 is 12.1 Å². The number of methoxy groups -OCH3 is 1. The number of ether oxygens (including phenoxy) is 3. The van der Waals surface area contributed by atoms with E-state index in [0.29, 0.717) is 0 Å². The Kier molecular flexibility index (Phi) is 5.18. The fraction of sp³-hybridized carbons (Fsp3) is 0.556. The number of esters is 1. The molecule has 1 aliphatic heterocycles. The highest BCUT2D eigenvalue weighted by molar-refractivity contribution is 5.80. The zero-order chi connectivity index (χ0) is 18.0. The lowest BCUT2D eigenvalue weighted by Crippen LogP contribution is -2.51. The van der Waals surface area contributed by atoms with E-state index in [2.05, 4.69) is 5.32 Å². The second-order valence-electron chi connectivity index (χ2n) is 7.10. The first kappa shape index (κ1) is 18.3. The van der Waals surface area contributed by atoms with E-state index in [9.17, 15) is 9.59 Å². The van der Waals surface area contributed by atoms with Gasteiger partial charge in [-0.3, -0.25) is 4.79 Å². The van der Waals surface area contributed by atoms with Crippen LogP contribution in [-0.4, -0.2) is 37.4 Å². The number of nitrogens with one attached hydrogen (secondary N) is 1. The van der Waals surface area contributed by atoms with Crippen molar-refractivity contribution < 1.29 is 23.8 Å². The molecule has 1 saturated heterocycles. The Balaban J connectivity index is 2.26. The maximum absolute atomic E-state index is 12.5. The van der Waals surface area contributed by atoms with Gasteiger partial charge in [-0.1, -0.05) is 30.3 Å². The van der Waals surface area contributed by atoms with Crippen LogP contribution in [0.5, 0.6) is 0 Å². The van der Waals surface area contributed by atoms with Crippen molar-refractivity contribution in [2.45, 2.75) is 45.4 Å². The molecule has 0 radical (unpaired) electrons. The molecule has 6 nitrogen and oxygen atoms in total. The molecule has 1 aromatic rings. The number of amides is 1. The van der Waals surface area contributed by atoms with Gasteiger partial charge in [0.05, 0.1) is 19.8 Å². The van der Waals surface area contributed by atoms with Crippen molar-refractivity contribution in [2.24, 2.45) is 5.41 Å². The van der Waals surface area contributed by atoms with Gasteiger partial charge in [0.1, 0.15) is 17.1 Å². The molecule has 0 spiro atoms. The van der Waals surface area contributed by atoms with Crippen molar-refractivity contribution in [3.63, 3.8) is 0 Å². The molecule has 1 fully saturated rings. The lowest BCUT2D eigenvalue weighted by atomic mass is 9.76. The van der Waals surface area contributed by atoms with Gasteiger partial charge in [0.2, 0.25) is 0 Å². The number of carbonyl (C=O) groups is 2. The Labute approximate surface area is 142 Å². The summed E-state index contributed by atoms with van der Waals surface area (Å²) in [6, 6.07) is 8.88. The van der Waals surface area contributed by atoms with Gasteiger partial charge < -0.3 is 19.5 Å². The summed E-state index contributed by atoms with van der Waals surface area (Å²) in [4.78, 5) is 24.6. The molecule has 0 bridgehead atoms. The quantitative estimate of drug-likeness (QED) is 0.860. The van der Waals surface area contributed by atoms with Crippen LogP contribution in [0.2, 0.25) is 0 Å². The SMILES string of the molecule is COC(=O)C1(C)C(NC(=O)OC(C)(C)C)COC1c1ccccc1. The van der Waals surface area contributed by atoms with Crippen LogP contribution in [0.25, 0.3) is 0 Å². The number of hydrogen-bond acceptors (Lipinski definition) is 5. The highest BCUT2D eigenvalue weighted by atomic mass is 16.6. The van der Waals surface area contributed by atoms with E-state index in [-0.39, 0.29) is 6.61 Å². The van der Waals surface area contributed by atoms with Crippen molar-refractivity contribution in [3.8, 4) is 0 Å². The second kappa shape index (κ2) is 6.81. The molecular weight excluding hydrogens is 310 g/mol. The van der Waals surface area contributed by atoms with Gasteiger partial charge in [-0.25, -0.2) is 4.79 Å². The van der Waals surface area contributed by atoms with Crippen LogP contribution in [0.1, 0.15) is 39.4 Å². The van der Waals surface area contributed by atoms with Crippen LogP contribution in [0.4, 0.5) is 4.79 Å². The Bertz CT molecular complexity index is 595. The highest BCUT2D eigenvalue weighted by Crippen LogP contribution is 2.46. The summed E-state index contributed by atoms with van der Waals surface area (Å²) in [7, 11) is 1.33. The predicted octanol–water partition coefficient (Wildman–Crippen LogP) is 2.83. The first-order valence-corrected chi connectivity index (χ1v) is 7.93. The molecule has 1 aliphatic rings. The minimum absolute atomic E-state index is 0.199. The number of hydrogen-bond donors (Lipinski definition) is 1. The van der Waals surface area contributed by atoms with Crippen LogP contribution in [-0.2, 0) is 19.0 Å². The van der Waals surface area contributed by atoms with Crippen LogP contribution < -0.4 is 5.32 Å². The largest absolute Gasteiger partial charge is 0.468 e. The third kappa shape index (κ3) is 3.70. The molecule has 1 amide bonds. The minimum Gasteiger partial charge on any atom is -0.468 e. The number of rotatable bonds is 3. The van der Waals surface area contributed by atoms with Crippen LogP contribution in [0.3, 0.4) is 0 Å².